The third kappa shape index (κ3) is 2.15. The Morgan fingerprint density at radius 3 is 2.88 bits per heavy atom. The van der Waals surface area contributed by atoms with E-state index >= 15 is 0 Å². The van der Waals surface area contributed by atoms with Crippen molar-refractivity contribution >= 4 is 5.82 Å². The van der Waals surface area contributed by atoms with Crippen molar-refractivity contribution in [2.75, 3.05) is 18.4 Å². The van der Waals surface area contributed by atoms with Crippen molar-refractivity contribution in [1.82, 2.24) is 20.6 Å². The lowest BCUT2D eigenvalue weighted by Gasteiger charge is -2.34. The van der Waals surface area contributed by atoms with Gasteiger partial charge >= 0.3 is 0 Å². The Morgan fingerprint density at radius 1 is 1.25 bits per heavy atom. The van der Waals surface area contributed by atoms with E-state index in [4.69, 9.17) is 0 Å². The number of nitrogens with zero attached hydrogens (tertiary/aromatic N) is 2. The van der Waals surface area contributed by atoms with Crippen molar-refractivity contribution in [2.24, 2.45) is 5.92 Å². The molecule has 3 N–H and O–H groups in total. The van der Waals surface area contributed by atoms with E-state index in [0.29, 0.717) is 6.04 Å². The largest absolute Gasteiger partial charge is 0.353 e. The molecule has 0 radical (unpaired) electrons. The molecule has 1 saturated carbocycles. The second-order valence-corrected chi connectivity index (χ2v) is 4.49. The third-order valence-electron chi connectivity index (χ3n) is 3.24. The summed E-state index contributed by atoms with van der Waals surface area (Å²) < 4.78 is 0. The van der Waals surface area contributed by atoms with Gasteiger partial charge in [0.15, 0.2) is 0 Å². The minimum Gasteiger partial charge on any atom is -0.353 e. The van der Waals surface area contributed by atoms with Crippen molar-refractivity contribution in [3.63, 3.8) is 0 Å². The number of hydrogen-bond acceptors (Lipinski definition) is 5. The number of nitrogens with one attached hydrogen (secondary N) is 3. The topological polar surface area (TPSA) is 61.9 Å². The van der Waals surface area contributed by atoms with Gasteiger partial charge in [-0.15, -0.1) is 0 Å². The Morgan fingerprint density at radius 2 is 2.12 bits per heavy atom. The molecule has 2 aliphatic rings. The van der Waals surface area contributed by atoms with Crippen molar-refractivity contribution in [3.8, 4) is 0 Å². The fourth-order valence-electron chi connectivity index (χ4n) is 2.28. The molecule has 0 spiro atoms. The van der Waals surface area contributed by atoms with E-state index in [9.17, 15) is 0 Å². The van der Waals surface area contributed by atoms with E-state index in [1.807, 2.05) is 6.07 Å². The van der Waals surface area contributed by atoms with E-state index in [1.54, 1.807) is 12.5 Å². The highest BCUT2D eigenvalue weighted by Crippen LogP contribution is 2.34. The summed E-state index contributed by atoms with van der Waals surface area (Å²) >= 11 is 0. The first kappa shape index (κ1) is 9.99. The highest BCUT2D eigenvalue weighted by molar-refractivity contribution is 5.33. The van der Waals surface area contributed by atoms with E-state index in [0.717, 1.165) is 24.8 Å². The first-order chi connectivity index (χ1) is 7.93. The summed E-state index contributed by atoms with van der Waals surface area (Å²) in [5, 5.41) is 10.5. The highest BCUT2D eigenvalue weighted by atomic mass is 15.2. The highest BCUT2D eigenvalue weighted by Gasteiger charge is 2.37. The molecule has 1 saturated heterocycles. The molecule has 86 valence electrons. The fourth-order valence-corrected chi connectivity index (χ4v) is 2.28. The molecule has 5 heteroatoms. The number of rotatable bonds is 3. The molecule has 0 amide bonds. The van der Waals surface area contributed by atoms with Gasteiger partial charge in [-0.1, -0.05) is 0 Å². The smallest absolute Gasteiger partial charge is 0.130 e. The van der Waals surface area contributed by atoms with E-state index in [1.165, 1.54) is 12.8 Å². The van der Waals surface area contributed by atoms with Crippen LogP contribution in [0.1, 0.15) is 12.8 Å². The lowest BCUT2D eigenvalue weighted by atomic mass is 10.1. The maximum absolute atomic E-state index is 4.20. The maximum atomic E-state index is 4.20. The van der Waals surface area contributed by atoms with Crippen LogP contribution in [-0.4, -0.2) is 35.3 Å². The normalized spacial score (nSPS) is 30.0. The average Bonchev–Trinajstić information content (AvgIpc) is 3.15. The summed E-state index contributed by atoms with van der Waals surface area (Å²) in [5.74, 6) is 1.72. The number of aromatic nitrogens is 2. The Bertz CT molecular complexity index is 337. The first-order valence-electron chi connectivity index (χ1n) is 5.93. The molecule has 2 heterocycles. The predicted molar refractivity (Wildman–Crippen MR) is 62.0 cm³/mol. The van der Waals surface area contributed by atoms with Gasteiger partial charge in [0.1, 0.15) is 12.1 Å². The zero-order valence-electron chi connectivity index (χ0n) is 9.19. The second-order valence-electron chi connectivity index (χ2n) is 4.49. The molecule has 5 nitrogen and oxygen atoms in total. The molecule has 16 heavy (non-hydrogen) atoms. The second kappa shape index (κ2) is 4.35. The third-order valence-corrected chi connectivity index (χ3v) is 3.24. The number of piperazine rings is 1. The summed E-state index contributed by atoms with van der Waals surface area (Å²) in [6, 6.07) is 2.43. The van der Waals surface area contributed by atoms with E-state index < -0.39 is 0 Å². The fraction of sp³-hybridized carbons (Fsp3) is 0.636. The Hall–Kier alpha value is -1.20. The summed E-state index contributed by atoms with van der Waals surface area (Å²) in [4.78, 5) is 8.11. The van der Waals surface area contributed by atoms with E-state index in [-0.39, 0.29) is 6.17 Å². The molecule has 0 aromatic carbocycles. The van der Waals surface area contributed by atoms with Crippen LogP contribution in [0.4, 0.5) is 5.82 Å². The molecule has 3 rings (SSSR count). The first-order valence-corrected chi connectivity index (χ1v) is 5.93. The van der Waals surface area contributed by atoms with Gasteiger partial charge in [0.25, 0.3) is 0 Å². The van der Waals surface area contributed by atoms with Gasteiger partial charge in [0.05, 0.1) is 6.17 Å². The number of anilines is 1. The SMILES string of the molecule is c1cc(NC2NCCNC2C2CC2)ncn1. The van der Waals surface area contributed by atoms with Gasteiger partial charge in [-0.2, -0.15) is 0 Å². The Labute approximate surface area is 95.1 Å². The molecular formula is C11H17N5. The molecule has 1 aliphatic carbocycles. The minimum absolute atomic E-state index is 0.288. The zero-order chi connectivity index (χ0) is 10.8. The molecule has 1 aromatic heterocycles. The van der Waals surface area contributed by atoms with Crippen LogP contribution in [0.3, 0.4) is 0 Å². The summed E-state index contributed by atoms with van der Waals surface area (Å²) in [5.41, 5.74) is 0. The molecule has 2 atom stereocenters. The molecule has 1 aromatic rings. The minimum atomic E-state index is 0.288. The maximum Gasteiger partial charge on any atom is 0.130 e. The van der Waals surface area contributed by atoms with Crippen LogP contribution >= 0.6 is 0 Å². The summed E-state index contributed by atoms with van der Waals surface area (Å²) in [6.45, 7) is 2.06. The molecule has 1 aliphatic heterocycles. The lowest BCUT2D eigenvalue weighted by Crippen LogP contribution is -2.60. The van der Waals surface area contributed by atoms with E-state index in [2.05, 4.69) is 25.9 Å². The molecule has 2 unspecified atom stereocenters. The predicted octanol–water partition coefficient (Wildman–Crippen LogP) is 0.186. The van der Waals surface area contributed by atoms with Crippen molar-refractivity contribution in [3.05, 3.63) is 18.6 Å². The quantitative estimate of drug-likeness (QED) is 0.677. The molecule has 0 bridgehead atoms. The molecule has 2 fully saturated rings. The zero-order valence-corrected chi connectivity index (χ0v) is 9.19. The van der Waals surface area contributed by atoms with Gasteiger partial charge in [0.2, 0.25) is 0 Å². The number of hydrogen-bond donors (Lipinski definition) is 3. The standard InChI is InChI=1S/C11H17N5/c1-2-8(1)10-11(14-6-5-13-10)16-9-3-4-12-7-15-9/h3-4,7-8,10-11,13-14H,1-2,5-6H2,(H,12,15,16). The van der Waals surface area contributed by atoms with Gasteiger partial charge in [0, 0.05) is 25.3 Å². The van der Waals surface area contributed by atoms with Crippen LogP contribution in [-0.2, 0) is 0 Å². The van der Waals surface area contributed by atoms with Gasteiger partial charge in [-0.3, -0.25) is 5.32 Å². The summed E-state index contributed by atoms with van der Waals surface area (Å²) in [7, 11) is 0. The monoisotopic (exact) mass is 219 g/mol. The van der Waals surface area contributed by atoms with Crippen LogP contribution in [0.15, 0.2) is 18.6 Å². The van der Waals surface area contributed by atoms with Crippen LogP contribution in [0, 0.1) is 5.92 Å². The molecular weight excluding hydrogens is 202 g/mol. The van der Waals surface area contributed by atoms with Gasteiger partial charge in [-0.25, -0.2) is 9.97 Å². The summed E-state index contributed by atoms with van der Waals surface area (Å²) in [6.07, 6.45) is 6.32. The van der Waals surface area contributed by atoms with Crippen molar-refractivity contribution in [2.45, 2.75) is 25.0 Å². The van der Waals surface area contributed by atoms with Gasteiger partial charge in [-0.05, 0) is 24.8 Å². The van der Waals surface area contributed by atoms with Crippen molar-refractivity contribution in [1.29, 1.82) is 0 Å². The van der Waals surface area contributed by atoms with Crippen LogP contribution < -0.4 is 16.0 Å². The average molecular weight is 219 g/mol. The Balaban J connectivity index is 1.67. The van der Waals surface area contributed by atoms with Crippen LogP contribution in [0.5, 0.6) is 0 Å². The van der Waals surface area contributed by atoms with Crippen LogP contribution in [0.2, 0.25) is 0 Å². The van der Waals surface area contributed by atoms with Crippen molar-refractivity contribution < 1.29 is 0 Å². The van der Waals surface area contributed by atoms with Crippen LogP contribution in [0.25, 0.3) is 0 Å². The Kier molecular flexibility index (Phi) is 2.71. The van der Waals surface area contributed by atoms with Gasteiger partial charge < -0.3 is 10.6 Å². The lowest BCUT2D eigenvalue weighted by molar-refractivity contribution is 0.317.